The van der Waals surface area contributed by atoms with Crippen molar-refractivity contribution in [3.8, 4) is 0 Å². The van der Waals surface area contributed by atoms with Gasteiger partial charge < -0.3 is 15.2 Å². The Balaban J connectivity index is 2.00. The molecule has 0 heterocycles. The highest BCUT2D eigenvalue weighted by molar-refractivity contribution is 7.92. The summed E-state index contributed by atoms with van der Waals surface area (Å²) in [5.41, 5.74) is -8.32. The van der Waals surface area contributed by atoms with Crippen LogP contribution in [0.1, 0.15) is 36.5 Å². The van der Waals surface area contributed by atoms with Crippen molar-refractivity contribution in [3.63, 3.8) is 0 Å². The van der Waals surface area contributed by atoms with E-state index in [9.17, 15) is 58.2 Å². The van der Waals surface area contributed by atoms with E-state index in [1.165, 1.54) is 6.92 Å². The smallest absolute Gasteiger partial charge is 0.392 e. The molecule has 5 atom stereocenters. The van der Waals surface area contributed by atoms with E-state index < -0.39 is 78.6 Å². The Labute approximate surface area is 235 Å². The lowest BCUT2D eigenvalue weighted by Crippen LogP contribution is -2.52. The number of carbonyl (C=O) groups excluding carboxylic acids is 2. The molecule has 2 aliphatic carbocycles. The second kappa shape index (κ2) is 10.6. The molecule has 2 aromatic carbocycles. The predicted octanol–water partition coefficient (Wildman–Crippen LogP) is 4.68. The zero-order valence-electron chi connectivity index (χ0n) is 21.8. The monoisotopic (exact) mass is 627 g/mol. The second-order valence-electron chi connectivity index (χ2n) is 10.6. The molecule has 0 spiro atoms. The van der Waals surface area contributed by atoms with Crippen LogP contribution in [0, 0.1) is 23.6 Å². The number of carbonyl (C=O) groups is 2. The summed E-state index contributed by atoms with van der Waals surface area (Å²) in [5, 5.41) is 12.0. The van der Waals surface area contributed by atoms with Gasteiger partial charge in [-0.3, -0.25) is 4.79 Å². The molecule has 1 saturated carbocycles. The van der Waals surface area contributed by atoms with Gasteiger partial charge in [0, 0.05) is 23.9 Å². The number of hydrogen-bond donors (Lipinski definition) is 2. The van der Waals surface area contributed by atoms with Gasteiger partial charge in [-0.15, -0.1) is 0 Å². The summed E-state index contributed by atoms with van der Waals surface area (Å²) in [5.74, 6) is -5.45. The molecule has 0 radical (unpaired) electrons. The fourth-order valence-corrected chi connectivity index (χ4v) is 8.98. The zero-order chi connectivity index (χ0) is 31.5. The van der Waals surface area contributed by atoms with E-state index in [0.29, 0.717) is 12.1 Å². The van der Waals surface area contributed by atoms with E-state index in [1.807, 2.05) is 0 Å². The van der Waals surface area contributed by atoms with Crippen LogP contribution < -0.4 is 5.32 Å². The maximum absolute atomic E-state index is 14.9. The number of benzene rings is 2. The molecule has 230 valence electrons. The largest absolute Gasteiger partial charge is 0.435 e. The number of nitrogens with one attached hydrogen (secondary N) is 1. The third-order valence-electron chi connectivity index (χ3n) is 8.17. The number of aryl methyl sites for hydroxylation is 1. The van der Waals surface area contributed by atoms with Crippen molar-refractivity contribution in [2.75, 3.05) is 6.54 Å². The van der Waals surface area contributed by atoms with E-state index in [2.05, 4.69) is 5.32 Å². The van der Waals surface area contributed by atoms with Crippen molar-refractivity contribution < 1.29 is 58.2 Å². The highest BCUT2D eigenvalue weighted by Gasteiger charge is 2.74. The molecule has 1 unspecified atom stereocenters. The molecule has 15 heteroatoms. The summed E-state index contributed by atoms with van der Waals surface area (Å²) in [7, 11) is -4.82. The van der Waals surface area contributed by atoms with Crippen molar-refractivity contribution in [3.05, 3.63) is 65.0 Å². The molecule has 42 heavy (non-hydrogen) atoms. The first-order chi connectivity index (χ1) is 19.3. The zero-order valence-corrected chi connectivity index (χ0v) is 22.6. The Hall–Kier alpha value is -3.07. The van der Waals surface area contributed by atoms with Gasteiger partial charge in [0.15, 0.2) is 9.84 Å². The summed E-state index contributed by atoms with van der Waals surface area (Å²) in [4.78, 5) is 25.1. The molecule has 0 bridgehead atoms. The van der Waals surface area contributed by atoms with Crippen LogP contribution in [0.25, 0.3) is 0 Å². The number of hydrogen-bond acceptors (Lipinski definition) is 5. The Morgan fingerprint density at radius 3 is 2.19 bits per heavy atom. The van der Waals surface area contributed by atoms with Crippen LogP contribution in [-0.2, 0) is 36.3 Å². The number of rotatable bonds is 7. The first kappa shape index (κ1) is 31.9. The third-order valence-corrected chi connectivity index (χ3v) is 10.8. The minimum Gasteiger partial charge on any atom is -0.392 e. The number of sulfone groups is 1. The second-order valence-corrected chi connectivity index (χ2v) is 12.8. The van der Waals surface area contributed by atoms with Crippen LogP contribution in [0.5, 0.6) is 0 Å². The van der Waals surface area contributed by atoms with Crippen LogP contribution >= 0.6 is 0 Å². The van der Waals surface area contributed by atoms with E-state index in [0.717, 1.165) is 24.3 Å². The first-order valence-electron chi connectivity index (χ1n) is 12.7. The van der Waals surface area contributed by atoms with Gasteiger partial charge in [0.25, 0.3) is 0 Å². The molecule has 4 rings (SSSR count). The molecule has 6 nitrogen and oxygen atoms in total. The molecule has 0 saturated heterocycles. The molecule has 2 aromatic rings. The predicted molar refractivity (Wildman–Crippen MR) is 131 cm³/mol. The van der Waals surface area contributed by atoms with Crippen molar-refractivity contribution in [1.29, 1.82) is 0 Å². The van der Waals surface area contributed by atoms with Crippen molar-refractivity contribution in [1.82, 2.24) is 5.32 Å². The molecular formula is C27H25F8NO5S. The average Bonchev–Trinajstić information content (AvgIpc) is 3.26. The number of aliphatic hydroxyl groups excluding tert-OH is 1. The van der Waals surface area contributed by atoms with Crippen LogP contribution in [0.4, 0.5) is 35.1 Å². The van der Waals surface area contributed by atoms with E-state index in [-0.39, 0.29) is 49.3 Å². The lowest BCUT2D eigenvalue weighted by molar-refractivity contribution is -0.348. The Kier molecular flexibility index (Phi) is 8.02. The Bertz CT molecular complexity index is 1460. The van der Waals surface area contributed by atoms with Crippen molar-refractivity contribution in [2.45, 2.75) is 60.0 Å². The molecule has 1 amide bonds. The SMILES string of the molecule is C[C@@H](O)CNC(=O)[C@@H]1CC(C=O)[C@]2(S(=O)(=O)c3ccc(F)cc3)c3ccc(C(F)(C(F)(F)F)C(F)(F)F)cc3CC[C@@H]12. The van der Waals surface area contributed by atoms with Gasteiger partial charge in [0.1, 0.15) is 16.9 Å². The van der Waals surface area contributed by atoms with Gasteiger partial charge in [-0.1, -0.05) is 18.2 Å². The third kappa shape index (κ3) is 4.68. The quantitative estimate of drug-likeness (QED) is 0.264. The number of aldehydes is 1. The standard InChI is InChI=1S/C27H25F8NO5S/c1-14(38)12-36-23(39)20-11-17(13-37)24(42(40,41)19-6-4-18(28)5-7-19)21-9-3-16(10-15(21)2-8-22(20)24)25(29,26(30,31)32)27(33,34)35/h3-7,9-10,13-14,17,20,22,38H,2,8,11-12H2,1H3,(H,36,39)/t14-,17?,20-,22+,24+/m1/s1. The van der Waals surface area contributed by atoms with E-state index in [1.54, 1.807) is 0 Å². The minimum absolute atomic E-state index is 0.187. The van der Waals surface area contributed by atoms with Gasteiger partial charge in [-0.05, 0) is 67.5 Å². The topological polar surface area (TPSA) is 101 Å². The van der Waals surface area contributed by atoms with Crippen molar-refractivity contribution >= 4 is 22.0 Å². The molecule has 2 N–H and O–H groups in total. The van der Waals surface area contributed by atoms with E-state index >= 15 is 0 Å². The summed E-state index contributed by atoms with van der Waals surface area (Å²) >= 11 is 0. The highest BCUT2D eigenvalue weighted by Crippen LogP contribution is 2.62. The lowest BCUT2D eigenvalue weighted by Gasteiger charge is -2.44. The van der Waals surface area contributed by atoms with E-state index in [4.69, 9.17) is 0 Å². The fraction of sp³-hybridized carbons (Fsp3) is 0.481. The summed E-state index contributed by atoms with van der Waals surface area (Å²) < 4.78 is 136. The maximum atomic E-state index is 14.9. The molecule has 0 aliphatic heterocycles. The normalized spacial score (nSPS) is 25.3. The molecule has 2 aliphatic rings. The summed E-state index contributed by atoms with van der Waals surface area (Å²) in [6.07, 6.45) is -14.6. The van der Waals surface area contributed by atoms with Gasteiger partial charge in [-0.25, -0.2) is 17.2 Å². The van der Waals surface area contributed by atoms with Gasteiger partial charge in [0.05, 0.1) is 11.0 Å². The Morgan fingerprint density at radius 2 is 1.67 bits per heavy atom. The van der Waals surface area contributed by atoms with Crippen molar-refractivity contribution in [2.24, 2.45) is 17.8 Å². The van der Waals surface area contributed by atoms with Gasteiger partial charge >= 0.3 is 18.0 Å². The molecule has 0 aromatic heterocycles. The number of fused-ring (bicyclic) bond motifs is 3. The van der Waals surface area contributed by atoms with Gasteiger partial charge in [-0.2, -0.15) is 26.3 Å². The van der Waals surface area contributed by atoms with Crippen LogP contribution in [-0.4, -0.2) is 50.7 Å². The number of amides is 1. The summed E-state index contributed by atoms with van der Waals surface area (Å²) in [6.45, 7) is 1.15. The molecule has 1 fully saturated rings. The number of aliphatic hydroxyl groups is 1. The lowest BCUT2D eigenvalue weighted by atomic mass is 9.70. The van der Waals surface area contributed by atoms with Crippen LogP contribution in [0.3, 0.4) is 0 Å². The van der Waals surface area contributed by atoms with Crippen LogP contribution in [0.15, 0.2) is 47.4 Å². The first-order valence-corrected chi connectivity index (χ1v) is 14.2. The minimum atomic E-state index is -6.42. The van der Waals surface area contributed by atoms with Crippen LogP contribution in [0.2, 0.25) is 0 Å². The highest BCUT2D eigenvalue weighted by atomic mass is 32.2. The maximum Gasteiger partial charge on any atom is 0.435 e. The Morgan fingerprint density at radius 1 is 1.07 bits per heavy atom. The van der Waals surface area contributed by atoms with Gasteiger partial charge in [0.2, 0.25) is 5.91 Å². The average molecular weight is 628 g/mol. The number of alkyl halides is 7. The number of halogens is 8. The fourth-order valence-electron chi connectivity index (χ4n) is 6.37. The molecular weight excluding hydrogens is 602 g/mol. The summed E-state index contributed by atoms with van der Waals surface area (Å²) in [6, 6.07) is 4.53.